The maximum atomic E-state index is 12.5. The van der Waals surface area contributed by atoms with Gasteiger partial charge in [-0.05, 0) is 50.9 Å². The van der Waals surface area contributed by atoms with Crippen LogP contribution in [0.2, 0.25) is 10.0 Å². The monoisotopic (exact) mass is 314 g/mol. The number of nitrogens with zero attached hydrogens (tertiary/aromatic N) is 1. The summed E-state index contributed by atoms with van der Waals surface area (Å²) in [6.45, 7) is 5.55. The number of halogens is 2. The number of amides is 1. The first-order chi connectivity index (χ1) is 9.49. The topological polar surface area (TPSA) is 32.3 Å². The second kappa shape index (κ2) is 6.79. The van der Waals surface area contributed by atoms with E-state index in [1.165, 1.54) is 0 Å². The van der Waals surface area contributed by atoms with Crippen molar-refractivity contribution in [2.24, 2.45) is 0 Å². The van der Waals surface area contributed by atoms with Gasteiger partial charge in [-0.15, -0.1) is 0 Å². The lowest BCUT2D eigenvalue weighted by Crippen LogP contribution is -2.46. The number of carbonyl (C=O) groups excluding carboxylic acids is 1. The van der Waals surface area contributed by atoms with E-state index in [4.69, 9.17) is 23.2 Å². The standard InChI is InChI=1S/C15H20Cl2N2O/c1-10(2)19(15(20)14-4-3-7-18-14)9-11-5-6-12(16)13(17)8-11/h5-6,8,10,14,18H,3-4,7,9H2,1-2H3. The van der Waals surface area contributed by atoms with Crippen LogP contribution in [0, 0.1) is 0 Å². The maximum Gasteiger partial charge on any atom is 0.240 e. The lowest BCUT2D eigenvalue weighted by Gasteiger charge is -2.29. The van der Waals surface area contributed by atoms with Crippen LogP contribution in [0.1, 0.15) is 32.3 Å². The number of hydrogen-bond acceptors (Lipinski definition) is 2. The molecule has 0 aliphatic carbocycles. The van der Waals surface area contributed by atoms with E-state index in [2.05, 4.69) is 5.32 Å². The van der Waals surface area contributed by atoms with E-state index in [0.29, 0.717) is 16.6 Å². The van der Waals surface area contributed by atoms with Crippen molar-refractivity contribution in [2.45, 2.75) is 45.3 Å². The Morgan fingerprint density at radius 3 is 2.70 bits per heavy atom. The van der Waals surface area contributed by atoms with Crippen molar-refractivity contribution >= 4 is 29.1 Å². The quantitative estimate of drug-likeness (QED) is 0.922. The van der Waals surface area contributed by atoms with Crippen molar-refractivity contribution < 1.29 is 4.79 Å². The molecule has 1 aromatic carbocycles. The molecule has 1 fully saturated rings. The van der Waals surface area contributed by atoms with Gasteiger partial charge >= 0.3 is 0 Å². The molecule has 1 heterocycles. The molecule has 0 aromatic heterocycles. The fourth-order valence-corrected chi connectivity index (χ4v) is 2.77. The van der Waals surface area contributed by atoms with E-state index < -0.39 is 0 Å². The molecule has 3 nitrogen and oxygen atoms in total. The average Bonchev–Trinajstić information content (AvgIpc) is 2.93. The molecule has 2 rings (SSSR count). The number of carbonyl (C=O) groups is 1. The summed E-state index contributed by atoms with van der Waals surface area (Å²) in [5.74, 6) is 0.170. The van der Waals surface area contributed by atoms with Gasteiger partial charge in [0.2, 0.25) is 5.91 Å². The summed E-state index contributed by atoms with van der Waals surface area (Å²) in [5, 5.41) is 4.32. The average molecular weight is 315 g/mol. The van der Waals surface area contributed by atoms with Gasteiger partial charge in [0.05, 0.1) is 16.1 Å². The highest BCUT2D eigenvalue weighted by atomic mass is 35.5. The van der Waals surface area contributed by atoms with Crippen LogP contribution in [0.25, 0.3) is 0 Å². The minimum atomic E-state index is -0.0415. The Hall–Kier alpha value is -0.770. The summed E-state index contributed by atoms with van der Waals surface area (Å²) >= 11 is 12.0. The van der Waals surface area contributed by atoms with E-state index in [1.54, 1.807) is 6.07 Å². The fourth-order valence-electron chi connectivity index (χ4n) is 2.45. The molecule has 1 unspecified atom stereocenters. The van der Waals surface area contributed by atoms with E-state index in [9.17, 15) is 4.79 Å². The minimum absolute atomic E-state index is 0.0415. The summed E-state index contributed by atoms with van der Waals surface area (Å²) in [5.41, 5.74) is 0.999. The highest BCUT2D eigenvalue weighted by Crippen LogP contribution is 2.24. The Balaban J connectivity index is 2.12. The van der Waals surface area contributed by atoms with Gasteiger partial charge in [0.15, 0.2) is 0 Å². The van der Waals surface area contributed by atoms with Gasteiger partial charge in [-0.3, -0.25) is 4.79 Å². The number of rotatable bonds is 4. The van der Waals surface area contributed by atoms with Crippen LogP contribution >= 0.6 is 23.2 Å². The van der Waals surface area contributed by atoms with E-state index in [0.717, 1.165) is 24.9 Å². The minimum Gasteiger partial charge on any atom is -0.335 e. The Bertz CT molecular complexity index is 485. The maximum absolute atomic E-state index is 12.5. The summed E-state index contributed by atoms with van der Waals surface area (Å²) in [4.78, 5) is 14.4. The van der Waals surface area contributed by atoms with Gasteiger partial charge in [-0.1, -0.05) is 29.3 Å². The van der Waals surface area contributed by atoms with Crippen molar-refractivity contribution in [3.63, 3.8) is 0 Å². The van der Waals surface area contributed by atoms with Gasteiger partial charge in [0.25, 0.3) is 0 Å². The van der Waals surface area contributed by atoms with Crippen molar-refractivity contribution in [3.8, 4) is 0 Å². The molecule has 1 aliphatic rings. The Kier molecular flexibility index (Phi) is 5.30. The number of nitrogens with one attached hydrogen (secondary N) is 1. The van der Waals surface area contributed by atoms with E-state index >= 15 is 0 Å². The third-order valence-corrected chi connectivity index (χ3v) is 4.34. The molecule has 1 aliphatic heterocycles. The summed E-state index contributed by atoms with van der Waals surface area (Å²) in [7, 11) is 0. The molecule has 0 spiro atoms. The molecule has 1 atom stereocenters. The smallest absolute Gasteiger partial charge is 0.240 e. The van der Waals surface area contributed by atoms with Crippen LogP contribution in [-0.4, -0.2) is 29.4 Å². The molecule has 5 heteroatoms. The van der Waals surface area contributed by atoms with Crippen LogP contribution in [-0.2, 0) is 11.3 Å². The summed E-state index contributed by atoms with van der Waals surface area (Å²) in [6, 6.07) is 5.63. The molecule has 0 radical (unpaired) electrons. The van der Waals surface area contributed by atoms with Crippen LogP contribution in [0.3, 0.4) is 0 Å². The highest BCUT2D eigenvalue weighted by Gasteiger charge is 2.28. The first-order valence-electron chi connectivity index (χ1n) is 6.97. The Labute approximate surface area is 130 Å². The molecular formula is C15H20Cl2N2O. The Morgan fingerprint density at radius 2 is 2.15 bits per heavy atom. The van der Waals surface area contributed by atoms with Crippen LogP contribution in [0.4, 0.5) is 0 Å². The van der Waals surface area contributed by atoms with Crippen LogP contribution in [0.15, 0.2) is 18.2 Å². The number of hydrogen-bond donors (Lipinski definition) is 1. The third-order valence-electron chi connectivity index (χ3n) is 3.60. The van der Waals surface area contributed by atoms with Gasteiger partial charge < -0.3 is 10.2 Å². The predicted molar refractivity (Wildman–Crippen MR) is 83.2 cm³/mol. The van der Waals surface area contributed by atoms with Gasteiger partial charge in [-0.2, -0.15) is 0 Å². The van der Waals surface area contributed by atoms with Crippen molar-refractivity contribution in [1.82, 2.24) is 10.2 Å². The lowest BCUT2D eigenvalue weighted by molar-refractivity contribution is -0.135. The zero-order valence-corrected chi connectivity index (χ0v) is 13.3. The van der Waals surface area contributed by atoms with Crippen LogP contribution in [0.5, 0.6) is 0 Å². The zero-order valence-electron chi connectivity index (χ0n) is 11.8. The molecule has 20 heavy (non-hydrogen) atoms. The van der Waals surface area contributed by atoms with E-state index in [-0.39, 0.29) is 18.0 Å². The molecular weight excluding hydrogens is 295 g/mol. The van der Waals surface area contributed by atoms with Crippen LogP contribution < -0.4 is 5.32 Å². The fraction of sp³-hybridized carbons (Fsp3) is 0.533. The van der Waals surface area contributed by atoms with Gasteiger partial charge in [0, 0.05) is 12.6 Å². The summed E-state index contributed by atoms with van der Waals surface area (Å²) in [6.07, 6.45) is 1.98. The molecule has 1 N–H and O–H groups in total. The molecule has 1 amide bonds. The molecule has 1 aromatic rings. The van der Waals surface area contributed by atoms with Gasteiger partial charge in [0.1, 0.15) is 0 Å². The molecule has 0 bridgehead atoms. The van der Waals surface area contributed by atoms with Gasteiger partial charge in [-0.25, -0.2) is 0 Å². The summed E-state index contributed by atoms with van der Waals surface area (Å²) < 4.78 is 0. The number of benzene rings is 1. The van der Waals surface area contributed by atoms with Crippen molar-refractivity contribution in [1.29, 1.82) is 0 Å². The third kappa shape index (κ3) is 3.66. The lowest BCUT2D eigenvalue weighted by atomic mass is 10.1. The Morgan fingerprint density at radius 1 is 1.40 bits per heavy atom. The van der Waals surface area contributed by atoms with Crippen molar-refractivity contribution in [3.05, 3.63) is 33.8 Å². The second-order valence-corrected chi connectivity index (χ2v) is 6.27. The molecule has 0 saturated carbocycles. The first-order valence-corrected chi connectivity index (χ1v) is 7.72. The largest absolute Gasteiger partial charge is 0.335 e. The molecule has 110 valence electrons. The molecule has 1 saturated heterocycles. The SMILES string of the molecule is CC(C)N(Cc1ccc(Cl)c(Cl)c1)C(=O)C1CCCN1. The first kappa shape index (κ1) is 15.6. The normalized spacial score (nSPS) is 18.6. The highest BCUT2D eigenvalue weighted by molar-refractivity contribution is 6.42. The second-order valence-electron chi connectivity index (χ2n) is 5.46. The van der Waals surface area contributed by atoms with Crippen molar-refractivity contribution in [2.75, 3.05) is 6.54 Å². The predicted octanol–water partition coefficient (Wildman–Crippen LogP) is 3.48. The van der Waals surface area contributed by atoms with E-state index in [1.807, 2.05) is 30.9 Å². The zero-order chi connectivity index (χ0) is 14.7.